The summed E-state index contributed by atoms with van der Waals surface area (Å²) < 4.78 is 14.2. The van der Waals surface area contributed by atoms with Crippen molar-refractivity contribution < 1.29 is 14.3 Å². The van der Waals surface area contributed by atoms with E-state index in [1.165, 1.54) is 11.8 Å². The molecule has 0 bridgehead atoms. The van der Waals surface area contributed by atoms with Crippen molar-refractivity contribution in [2.75, 3.05) is 31.9 Å². The highest BCUT2D eigenvalue weighted by Crippen LogP contribution is 2.30. The number of benzene rings is 1. The molecule has 3 aromatic rings. The second-order valence-electron chi connectivity index (χ2n) is 6.83. The minimum atomic E-state index is -0.101. The fraction of sp³-hybridized carbons (Fsp3) is 0.400. The summed E-state index contributed by atoms with van der Waals surface area (Å²) in [6, 6.07) is 5.98. The molecule has 0 radical (unpaired) electrons. The molecule has 0 saturated heterocycles. The van der Waals surface area contributed by atoms with Crippen molar-refractivity contribution in [3.8, 4) is 17.3 Å². The number of hydrogen-bond donors (Lipinski definition) is 1. The molecule has 0 saturated carbocycles. The molecule has 0 aliphatic carbocycles. The zero-order valence-corrected chi connectivity index (χ0v) is 18.6. The molecule has 0 fully saturated rings. The van der Waals surface area contributed by atoms with Crippen LogP contribution in [0.15, 0.2) is 29.6 Å². The van der Waals surface area contributed by atoms with E-state index < -0.39 is 0 Å². The molecular weight excluding hydrogens is 404 g/mol. The number of ether oxygens (including phenoxy) is 2. The minimum Gasteiger partial charge on any atom is -0.479 e. The van der Waals surface area contributed by atoms with Gasteiger partial charge in [-0.05, 0) is 31.0 Å². The van der Waals surface area contributed by atoms with Gasteiger partial charge in [0.15, 0.2) is 11.0 Å². The molecular formula is C20H26N6O3S. The average molecular weight is 431 g/mol. The summed E-state index contributed by atoms with van der Waals surface area (Å²) in [5, 5.41) is 16.5. The lowest BCUT2D eigenvalue weighted by Gasteiger charge is -2.11. The number of nitrogens with zero attached hydrogens (tertiary/aromatic N) is 5. The van der Waals surface area contributed by atoms with Crippen molar-refractivity contribution in [2.45, 2.75) is 25.5 Å². The summed E-state index contributed by atoms with van der Waals surface area (Å²) in [5.41, 5.74) is 3.67. The lowest BCUT2D eigenvalue weighted by molar-refractivity contribution is -0.113. The Labute approximate surface area is 179 Å². The SMILES string of the molecule is COCCn1c(SCC(=O)Nc2cc(C)ccc2C)nnc1-c1cn(C)nc1OC. The number of hydrogen-bond acceptors (Lipinski definition) is 7. The lowest BCUT2D eigenvalue weighted by Crippen LogP contribution is -2.16. The van der Waals surface area contributed by atoms with Gasteiger partial charge in [0.1, 0.15) is 5.56 Å². The van der Waals surface area contributed by atoms with E-state index in [4.69, 9.17) is 9.47 Å². The summed E-state index contributed by atoms with van der Waals surface area (Å²) >= 11 is 1.32. The fourth-order valence-electron chi connectivity index (χ4n) is 2.94. The van der Waals surface area contributed by atoms with Gasteiger partial charge >= 0.3 is 0 Å². The van der Waals surface area contributed by atoms with Gasteiger partial charge in [-0.15, -0.1) is 15.3 Å². The normalized spacial score (nSPS) is 11.0. The number of anilines is 1. The first-order valence-electron chi connectivity index (χ1n) is 9.43. The van der Waals surface area contributed by atoms with Gasteiger partial charge in [0, 0.05) is 26.0 Å². The van der Waals surface area contributed by atoms with Crippen LogP contribution in [0.3, 0.4) is 0 Å². The van der Waals surface area contributed by atoms with E-state index in [1.807, 2.05) is 49.9 Å². The summed E-state index contributed by atoms with van der Waals surface area (Å²) in [6.45, 7) is 4.99. The lowest BCUT2D eigenvalue weighted by atomic mass is 10.1. The van der Waals surface area contributed by atoms with Crippen LogP contribution < -0.4 is 10.1 Å². The van der Waals surface area contributed by atoms with Gasteiger partial charge in [-0.25, -0.2) is 0 Å². The van der Waals surface area contributed by atoms with Gasteiger partial charge in [0.05, 0.1) is 26.0 Å². The molecule has 0 unspecified atom stereocenters. The van der Waals surface area contributed by atoms with Gasteiger partial charge in [0.2, 0.25) is 11.8 Å². The third-order valence-corrected chi connectivity index (χ3v) is 5.43. The number of carbonyl (C=O) groups excluding carboxylic acids is 1. The molecule has 9 nitrogen and oxygen atoms in total. The first kappa shape index (κ1) is 21.8. The standard InChI is InChI=1S/C20H26N6O3S/c1-13-6-7-14(2)16(10-13)21-17(27)12-30-20-23-22-18(26(20)8-9-28-4)15-11-25(3)24-19(15)29-5/h6-7,10-11H,8-9,12H2,1-5H3,(H,21,27). The molecule has 2 aromatic heterocycles. The number of carbonyl (C=O) groups is 1. The Morgan fingerprint density at radius 1 is 1.23 bits per heavy atom. The summed E-state index contributed by atoms with van der Waals surface area (Å²) in [4.78, 5) is 12.5. The number of aromatic nitrogens is 5. The summed E-state index contributed by atoms with van der Waals surface area (Å²) in [6.07, 6.45) is 1.83. The van der Waals surface area contributed by atoms with E-state index in [-0.39, 0.29) is 11.7 Å². The molecule has 1 N–H and O–H groups in total. The van der Waals surface area contributed by atoms with E-state index in [2.05, 4.69) is 20.6 Å². The second-order valence-corrected chi connectivity index (χ2v) is 7.77. The van der Waals surface area contributed by atoms with Crippen molar-refractivity contribution >= 4 is 23.4 Å². The number of rotatable bonds is 9. The first-order chi connectivity index (χ1) is 14.4. The average Bonchev–Trinajstić information content (AvgIpc) is 3.29. The van der Waals surface area contributed by atoms with E-state index in [0.717, 1.165) is 22.4 Å². The van der Waals surface area contributed by atoms with Crippen LogP contribution in [0.1, 0.15) is 11.1 Å². The van der Waals surface area contributed by atoms with Gasteiger partial charge in [0.25, 0.3) is 0 Å². The topological polar surface area (TPSA) is 96.1 Å². The molecule has 1 amide bonds. The molecule has 10 heteroatoms. The quantitative estimate of drug-likeness (QED) is 0.521. The van der Waals surface area contributed by atoms with Crippen LogP contribution in [0.25, 0.3) is 11.4 Å². The van der Waals surface area contributed by atoms with E-state index in [0.29, 0.717) is 30.0 Å². The van der Waals surface area contributed by atoms with Crippen LogP contribution in [-0.4, -0.2) is 57.0 Å². The largest absolute Gasteiger partial charge is 0.479 e. The smallest absolute Gasteiger partial charge is 0.243 e. The van der Waals surface area contributed by atoms with Crippen molar-refractivity contribution in [1.82, 2.24) is 24.5 Å². The third kappa shape index (κ3) is 5.00. The maximum Gasteiger partial charge on any atom is 0.243 e. The number of methoxy groups -OCH3 is 2. The van der Waals surface area contributed by atoms with Gasteiger partial charge in [-0.3, -0.25) is 14.0 Å². The second kappa shape index (κ2) is 9.77. The Kier molecular flexibility index (Phi) is 7.11. The maximum atomic E-state index is 12.5. The Morgan fingerprint density at radius 3 is 2.77 bits per heavy atom. The van der Waals surface area contributed by atoms with Crippen molar-refractivity contribution in [3.63, 3.8) is 0 Å². The zero-order chi connectivity index (χ0) is 21.7. The van der Waals surface area contributed by atoms with E-state index in [1.54, 1.807) is 18.9 Å². The molecule has 1 aromatic carbocycles. The predicted octanol–water partition coefficient (Wildman–Crippen LogP) is 2.68. The van der Waals surface area contributed by atoms with Crippen molar-refractivity contribution in [2.24, 2.45) is 7.05 Å². The molecule has 2 heterocycles. The molecule has 0 aliphatic heterocycles. The van der Waals surface area contributed by atoms with Gasteiger partial charge in [-0.2, -0.15) is 0 Å². The van der Waals surface area contributed by atoms with Gasteiger partial charge < -0.3 is 14.8 Å². The van der Waals surface area contributed by atoms with Crippen LogP contribution >= 0.6 is 11.8 Å². The minimum absolute atomic E-state index is 0.101. The van der Waals surface area contributed by atoms with E-state index in [9.17, 15) is 4.79 Å². The van der Waals surface area contributed by atoms with Crippen LogP contribution in [0.4, 0.5) is 5.69 Å². The fourth-order valence-corrected chi connectivity index (χ4v) is 3.70. The number of thioether (sulfide) groups is 1. The molecule has 0 atom stereocenters. The molecule has 3 rings (SSSR count). The molecule has 0 spiro atoms. The van der Waals surface area contributed by atoms with Gasteiger partial charge in [-0.1, -0.05) is 23.9 Å². The number of amides is 1. The van der Waals surface area contributed by atoms with E-state index >= 15 is 0 Å². The highest BCUT2D eigenvalue weighted by molar-refractivity contribution is 7.99. The summed E-state index contributed by atoms with van der Waals surface area (Å²) in [5.74, 6) is 1.19. The Bertz CT molecular complexity index is 1030. The van der Waals surface area contributed by atoms with Crippen LogP contribution in [0.2, 0.25) is 0 Å². The molecule has 30 heavy (non-hydrogen) atoms. The molecule has 0 aliphatic rings. The van der Waals surface area contributed by atoms with Crippen LogP contribution in [0, 0.1) is 13.8 Å². The van der Waals surface area contributed by atoms with Crippen LogP contribution in [-0.2, 0) is 23.1 Å². The maximum absolute atomic E-state index is 12.5. The van der Waals surface area contributed by atoms with Crippen molar-refractivity contribution in [1.29, 1.82) is 0 Å². The highest BCUT2D eigenvalue weighted by atomic mass is 32.2. The number of nitrogens with one attached hydrogen (secondary N) is 1. The van der Waals surface area contributed by atoms with Crippen molar-refractivity contribution in [3.05, 3.63) is 35.5 Å². The first-order valence-corrected chi connectivity index (χ1v) is 10.4. The zero-order valence-electron chi connectivity index (χ0n) is 17.8. The summed E-state index contributed by atoms with van der Waals surface area (Å²) in [7, 11) is 5.02. The van der Waals surface area contributed by atoms with Crippen LogP contribution in [0.5, 0.6) is 5.88 Å². The monoisotopic (exact) mass is 430 g/mol. The number of aryl methyl sites for hydroxylation is 3. The third-order valence-electron chi connectivity index (χ3n) is 4.46. The Balaban J connectivity index is 1.77. The Hall–Kier alpha value is -2.85. The predicted molar refractivity (Wildman–Crippen MR) is 116 cm³/mol. The highest BCUT2D eigenvalue weighted by Gasteiger charge is 2.21. The molecule has 160 valence electrons. The Morgan fingerprint density at radius 2 is 2.03 bits per heavy atom.